The number of piperidine rings is 1. The fourth-order valence-electron chi connectivity index (χ4n) is 4.45. The molecule has 1 aliphatic heterocycles. The Balaban J connectivity index is 1.11. The van der Waals surface area contributed by atoms with Crippen molar-refractivity contribution in [1.82, 2.24) is 28.1 Å². The molecule has 11 nitrogen and oxygen atoms in total. The van der Waals surface area contributed by atoms with Crippen molar-refractivity contribution in [3.8, 4) is 0 Å². The third-order valence-corrected chi connectivity index (χ3v) is 8.33. The summed E-state index contributed by atoms with van der Waals surface area (Å²) in [6.45, 7) is 1.34. The van der Waals surface area contributed by atoms with Gasteiger partial charge in [-0.2, -0.15) is 18.2 Å². The average molecular weight is 513 g/mol. The number of nitrogens with zero attached hydrogens (tertiary/aromatic N) is 6. The first-order chi connectivity index (χ1) is 16.9. The number of carbonyl (C=O) groups is 1. The Morgan fingerprint density at radius 3 is 2.66 bits per heavy atom. The number of benzene rings is 1. The van der Waals surface area contributed by atoms with E-state index in [-0.39, 0.29) is 23.6 Å². The minimum absolute atomic E-state index is 0.0298. The lowest BCUT2D eigenvalue weighted by Crippen LogP contribution is -2.45. The first kappa shape index (κ1) is 22.3. The average Bonchev–Trinajstić information content (AvgIpc) is 3.43. The normalized spacial score (nSPS) is 17.3. The number of nitrogens with one attached hydrogen (secondary N) is 2. The number of aromatic nitrogens is 5. The Hall–Kier alpha value is -3.16. The maximum atomic E-state index is 12.9. The standard InChI is InChI=1S/C22H24N8O3S2/c31-21(14-7-8-14)24-22-23-18-5-2-6-19(30(18)25-22)29-11-9-16(10-12-29)28-35(32,33)13-15-3-1-4-17-20(15)27-34-26-17/h1-6,14,16,28H,7-13H2,(H,24,25,31). The summed E-state index contributed by atoms with van der Waals surface area (Å²) >= 11 is 1.08. The molecular weight excluding hydrogens is 488 g/mol. The molecule has 1 saturated heterocycles. The van der Waals surface area contributed by atoms with E-state index in [2.05, 4.69) is 33.8 Å². The van der Waals surface area contributed by atoms with E-state index in [9.17, 15) is 13.2 Å². The molecule has 0 atom stereocenters. The van der Waals surface area contributed by atoms with Crippen molar-refractivity contribution in [2.24, 2.45) is 5.92 Å². The maximum Gasteiger partial charge on any atom is 0.249 e. The lowest BCUT2D eigenvalue weighted by Gasteiger charge is -2.33. The van der Waals surface area contributed by atoms with Gasteiger partial charge in [-0.3, -0.25) is 10.1 Å². The summed E-state index contributed by atoms with van der Waals surface area (Å²) in [5, 5.41) is 7.29. The molecular formula is C22H24N8O3S2. The van der Waals surface area contributed by atoms with Crippen LogP contribution in [-0.2, 0) is 20.6 Å². The summed E-state index contributed by atoms with van der Waals surface area (Å²) in [6.07, 6.45) is 3.16. The Kier molecular flexibility index (Phi) is 5.61. The van der Waals surface area contributed by atoms with Gasteiger partial charge in [-0.1, -0.05) is 18.2 Å². The van der Waals surface area contributed by atoms with E-state index >= 15 is 0 Å². The van der Waals surface area contributed by atoms with Crippen molar-refractivity contribution < 1.29 is 13.2 Å². The highest BCUT2D eigenvalue weighted by atomic mass is 32.2. The number of anilines is 2. The number of hydrogen-bond donors (Lipinski definition) is 2. The van der Waals surface area contributed by atoms with Crippen LogP contribution in [0.3, 0.4) is 0 Å². The SMILES string of the molecule is O=C(Nc1nc2cccc(N3CCC(NS(=O)(=O)Cc4cccc5nsnc45)CC3)n2n1)C1CC1. The fraction of sp³-hybridized carbons (Fsp3) is 0.409. The van der Waals surface area contributed by atoms with Crippen molar-refractivity contribution >= 4 is 56.1 Å². The van der Waals surface area contributed by atoms with Gasteiger partial charge in [0.15, 0.2) is 5.65 Å². The van der Waals surface area contributed by atoms with Crippen LogP contribution in [0.1, 0.15) is 31.2 Å². The topological polar surface area (TPSA) is 134 Å². The summed E-state index contributed by atoms with van der Waals surface area (Å²) in [7, 11) is -3.53. The van der Waals surface area contributed by atoms with Gasteiger partial charge in [-0.15, -0.1) is 5.10 Å². The van der Waals surface area contributed by atoms with E-state index in [4.69, 9.17) is 0 Å². The summed E-state index contributed by atoms with van der Waals surface area (Å²) in [5.74, 6) is 1.10. The van der Waals surface area contributed by atoms with E-state index in [1.54, 1.807) is 16.6 Å². The lowest BCUT2D eigenvalue weighted by molar-refractivity contribution is -0.117. The molecule has 4 heterocycles. The maximum absolute atomic E-state index is 12.9. The lowest BCUT2D eigenvalue weighted by atomic mass is 10.1. The number of fused-ring (bicyclic) bond motifs is 2. The molecule has 3 aromatic heterocycles. The quantitative estimate of drug-likeness (QED) is 0.385. The van der Waals surface area contributed by atoms with Crippen molar-refractivity contribution in [1.29, 1.82) is 0 Å². The fourth-order valence-corrected chi connectivity index (χ4v) is 6.48. The van der Waals surface area contributed by atoms with Crippen LogP contribution in [-0.4, -0.2) is 56.8 Å². The first-order valence-corrected chi connectivity index (χ1v) is 14.0. The molecule has 1 aliphatic carbocycles. The third kappa shape index (κ3) is 4.70. The van der Waals surface area contributed by atoms with Crippen LogP contribution in [0, 0.1) is 5.92 Å². The van der Waals surface area contributed by atoms with Crippen molar-refractivity contribution in [2.45, 2.75) is 37.5 Å². The van der Waals surface area contributed by atoms with Crippen LogP contribution >= 0.6 is 11.7 Å². The van der Waals surface area contributed by atoms with Crippen LogP contribution in [0.5, 0.6) is 0 Å². The number of amides is 1. The summed E-state index contributed by atoms with van der Waals surface area (Å²) < 4.78 is 38.8. The van der Waals surface area contributed by atoms with Crippen LogP contribution in [0.15, 0.2) is 36.4 Å². The Labute approximate surface area is 205 Å². The van der Waals surface area contributed by atoms with Gasteiger partial charge in [0, 0.05) is 25.0 Å². The zero-order chi connectivity index (χ0) is 24.0. The van der Waals surface area contributed by atoms with E-state index in [0.29, 0.717) is 54.1 Å². The molecule has 182 valence electrons. The van der Waals surface area contributed by atoms with Gasteiger partial charge in [0.05, 0.1) is 17.5 Å². The van der Waals surface area contributed by atoms with Gasteiger partial charge in [-0.05, 0) is 49.4 Å². The number of rotatable bonds is 7. The Morgan fingerprint density at radius 1 is 1.06 bits per heavy atom. The highest BCUT2D eigenvalue weighted by Gasteiger charge is 2.31. The second-order valence-corrected chi connectivity index (χ2v) is 11.3. The molecule has 2 N–H and O–H groups in total. The van der Waals surface area contributed by atoms with Crippen LogP contribution in [0.25, 0.3) is 16.7 Å². The highest BCUT2D eigenvalue weighted by molar-refractivity contribution is 7.88. The molecule has 35 heavy (non-hydrogen) atoms. The molecule has 4 aromatic rings. The van der Waals surface area contributed by atoms with Gasteiger partial charge in [0.1, 0.15) is 16.9 Å². The van der Waals surface area contributed by atoms with Crippen LogP contribution < -0.4 is 14.9 Å². The zero-order valence-electron chi connectivity index (χ0n) is 18.8. The molecule has 0 bridgehead atoms. The molecule has 2 aliphatic rings. The highest BCUT2D eigenvalue weighted by Crippen LogP contribution is 2.30. The minimum Gasteiger partial charge on any atom is -0.356 e. The minimum atomic E-state index is -3.53. The van der Waals surface area contributed by atoms with Crippen molar-refractivity contribution in [2.75, 3.05) is 23.3 Å². The first-order valence-electron chi connectivity index (χ1n) is 11.6. The van der Waals surface area contributed by atoms with E-state index in [1.165, 1.54) is 0 Å². The summed E-state index contributed by atoms with van der Waals surface area (Å²) in [4.78, 5) is 18.7. The van der Waals surface area contributed by atoms with E-state index < -0.39 is 10.0 Å². The van der Waals surface area contributed by atoms with Gasteiger partial charge in [0.25, 0.3) is 0 Å². The van der Waals surface area contributed by atoms with E-state index in [0.717, 1.165) is 30.4 Å². The number of pyridine rings is 1. The van der Waals surface area contributed by atoms with Crippen molar-refractivity contribution in [3.63, 3.8) is 0 Å². The van der Waals surface area contributed by atoms with Gasteiger partial charge in [0.2, 0.25) is 21.9 Å². The third-order valence-electron chi connectivity index (χ3n) is 6.40. The largest absolute Gasteiger partial charge is 0.356 e. The molecule has 0 spiro atoms. The van der Waals surface area contributed by atoms with Crippen LogP contribution in [0.4, 0.5) is 11.8 Å². The van der Waals surface area contributed by atoms with Crippen molar-refractivity contribution in [3.05, 3.63) is 42.0 Å². The molecule has 0 radical (unpaired) electrons. The van der Waals surface area contributed by atoms with Crippen LogP contribution in [0.2, 0.25) is 0 Å². The monoisotopic (exact) mass is 512 g/mol. The number of sulfonamides is 1. The predicted octanol–water partition coefficient (Wildman–Crippen LogP) is 2.17. The second kappa shape index (κ2) is 8.81. The van der Waals surface area contributed by atoms with Gasteiger partial charge in [-0.25, -0.2) is 13.1 Å². The smallest absolute Gasteiger partial charge is 0.249 e. The van der Waals surface area contributed by atoms with Gasteiger partial charge >= 0.3 is 0 Å². The van der Waals surface area contributed by atoms with Gasteiger partial charge < -0.3 is 4.90 Å². The Morgan fingerprint density at radius 2 is 1.86 bits per heavy atom. The summed E-state index contributed by atoms with van der Waals surface area (Å²) in [5.41, 5.74) is 2.67. The second-order valence-electron chi connectivity index (χ2n) is 9.04. The number of carbonyl (C=O) groups excluding carboxylic acids is 1. The predicted molar refractivity (Wildman–Crippen MR) is 133 cm³/mol. The van der Waals surface area contributed by atoms with E-state index in [1.807, 2.05) is 24.3 Å². The Bertz CT molecular complexity index is 1500. The molecule has 1 saturated carbocycles. The molecule has 6 rings (SSSR count). The molecule has 1 amide bonds. The number of hydrogen-bond acceptors (Lipinski definition) is 9. The zero-order valence-corrected chi connectivity index (χ0v) is 20.4. The summed E-state index contributed by atoms with van der Waals surface area (Å²) in [6, 6.07) is 11.0. The molecule has 1 aromatic carbocycles. The molecule has 13 heteroatoms. The molecule has 2 fully saturated rings. The molecule has 0 unspecified atom stereocenters.